The van der Waals surface area contributed by atoms with Crippen molar-refractivity contribution in [3.05, 3.63) is 28.8 Å². The van der Waals surface area contributed by atoms with E-state index in [9.17, 15) is 4.79 Å². The van der Waals surface area contributed by atoms with E-state index in [1.54, 1.807) is 6.07 Å². The van der Waals surface area contributed by atoms with E-state index >= 15 is 0 Å². The Morgan fingerprint density at radius 1 is 1.64 bits per heavy atom. The number of halogens is 1. The SMILES string of the molecule is O=C(Nc1cnns1)c1ccoc1Br. The lowest BCUT2D eigenvalue weighted by Crippen LogP contribution is -2.10. The topological polar surface area (TPSA) is 68.0 Å². The van der Waals surface area contributed by atoms with Crippen molar-refractivity contribution in [3.63, 3.8) is 0 Å². The maximum atomic E-state index is 11.5. The number of amides is 1. The van der Waals surface area contributed by atoms with Crippen LogP contribution in [-0.4, -0.2) is 15.5 Å². The minimum Gasteiger partial charge on any atom is -0.457 e. The molecule has 0 aromatic carbocycles. The van der Waals surface area contributed by atoms with Gasteiger partial charge in [0.15, 0.2) is 4.67 Å². The summed E-state index contributed by atoms with van der Waals surface area (Å²) in [5.41, 5.74) is 0.443. The van der Waals surface area contributed by atoms with Gasteiger partial charge in [0.2, 0.25) is 0 Å². The number of aromatic nitrogens is 2. The van der Waals surface area contributed by atoms with Crippen molar-refractivity contribution in [2.24, 2.45) is 0 Å². The molecule has 2 aromatic rings. The summed E-state index contributed by atoms with van der Waals surface area (Å²) in [6, 6.07) is 1.58. The fourth-order valence-corrected chi connectivity index (χ4v) is 1.69. The molecule has 1 N–H and O–H groups in total. The van der Waals surface area contributed by atoms with Gasteiger partial charge in [-0.3, -0.25) is 4.79 Å². The monoisotopic (exact) mass is 273 g/mol. The van der Waals surface area contributed by atoms with Crippen molar-refractivity contribution in [1.82, 2.24) is 9.59 Å². The summed E-state index contributed by atoms with van der Waals surface area (Å²) in [5, 5.41) is 6.83. The highest BCUT2D eigenvalue weighted by atomic mass is 79.9. The molecule has 14 heavy (non-hydrogen) atoms. The van der Waals surface area contributed by atoms with Gasteiger partial charge in [-0.05, 0) is 22.0 Å². The lowest BCUT2D eigenvalue weighted by atomic mass is 10.3. The van der Waals surface area contributed by atoms with Gasteiger partial charge in [-0.1, -0.05) is 4.49 Å². The third-order valence-electron chi connectivity index (χ3n) is 1.46. The molecule has 0 fully saturated rings. The number of anilines is 1. The first-order chi connectivity index (χ1) is 6.77. The van der Waals surface area contributed by atoms with Crippen molar-refractivity contribution in [3.8, 4) is 0 Å². The second-order valence-corrected chi connectivity index (χ2v) is 3.85. The third kappa shape index (κ3) is 1.83. The van der Waals surface area contributed by atoms with Crippen LogP contribution in [0.4, 0.5) is 5.00 Å². The number of furan rings is 1. The first-order valence-corrected chi connectivity index (χ1v) is 5.15. The van der Waals surface area contributed by atoms with Crippen LogP contribution in [0.25, 0.3) is 0 Å². The Labute approximate surface area is 91.4 Å². The molecule has 0 aliphatic rings. The minimum atomic E-state index is -0.253. The molecule has 2 heterocycles. The highest BCUT2D eigenvalue weighted by Crippen LogP contribution is 2.19. The predicted molar refractivity (Wildman–Crippen MR) is 54.3 cm³/mol. The van der Waals surface area contributed by atoms with Crippen molar-refractivity contribution in [2.45, 2.75) is 0 Å². The minimum absolute atomic E-state index is 0.253. The van der Waals surface area contributed by atoms with E-state index in [4.69, 9.17) is 4.42 Å². The third-order valence-corrected chi connectivity index (χ3v) is 2.65. The number of hydrogen-bond donors (Lipinski definition) is 1. The van der Waals surface area contributed by atoms with Crippen LogP contribution < -0.4 is 5.32 Å². The van der Waals surface area contributed by atoms with Gasteiger partial charge in [0.25, 0.3) is 5.91 Å². The van der Waals surface area contributed by atoms with Crippen molar-refractivity contribution < 1.29 is 9.21 Å². The first-order valence-electron chi connectivity index (χ1n) is 3.59. The van der Waals surface area contributed by atoms with Gasteiger partial charge >= 0.3 is 0 Å². The molecule has 2 rings (SSSR count). The zero-order chi connectivity index (χ0) is 9.97. The van der Waals surface area contributed by atoms with E-state index in [2.05, 4.69) is 30.8 Å². The molecule has 0 saturated heterocycles. The number of carbonyl (C=O) groups is 1. The molecule has 0 spiro atoms. The maximum Gasteiger partial charge on any atom is 0.260 e. The van der Waals surface area contributed by atoms with Gasteiger partial charge in [-0.2, -0.15) is 0 Å². The van der Waals surface area contributed by atoms with Crippen LogP contribution in [0.2, 0.25) is 0 Å². The van der Waals surface area contributed by atoms with Gasteiger partial charge < -0.3 is 9.73 Å². The molecular formula is C7H4BrN3O2S. The molecule has 0 radical (unpaired) electrons. The Hall–Kier alpha value is -1.21. The number of carbonyl (C=O) groups excluding carboxylic acids is 1. The van der Waals surface area contributed by atoms with Crippen LogP contribution in [0.5, 0.6) is 0 Å². The predicted octanol–water partition coefficient (Wildman–Crippen LogP) is 2.15. The molecule has 0 saturated carbocycles. The largest absolute Gasteiger partial charge is 0.457 e. The Kier molecular flexibility index (Phi) is 2.60. The fraction of sp³-hybridized carbons (Fsp3) is 0. The summed E-state index contributed by atoms with van der Waals surface area (Å²) in [4.78, 5) is 11.5. The highest BCUT2D eigenvalue weighted by Gasteiger charge is 2.13. The number of hydrogen-bond acceptors (Lipinski definition) is 5. The summed E-state index contributed by atoms with van der Waals surface area (Å²) in [5.74, 6) is -0.253. The van der Waals surface area contributed by atoms with Gasteiger partial charge in [-0.15, -0.1) is 5.10 Å². The second kappa shape index (κ2) is 3.89. The van der Waals surface area contributed by atoms with E-state index in [0.29, 0.717) is 15.2 Å². The Bertz CT molecular complexity index is 439. The zero-order valence-electron chi connectivity index (χ0n) is 6.73. The molecule has 0 aliphatic carbocycles. The molecule has 7 heteroatoms. The Morgan fingerprint density at radius 3 is 3.07 bits per heavy atom. The van der Waals surface area contributed by atoms with Crippen molar-refractivity contribution in [2.75, 3.05) is 5.32 Å². The lowest BCUT2D eigenvalue weighted by molar-refractivity contribution is 0.102. The summed E-state index contributed by atoms with van der Waals surface area (Å²) < 4.78 is 8.96. The number of nitrogens with one attached hydrogen (secondary N) is 1. The Morgan fingerprint density at radius 2 is 2.50 bits per heavy atom. The van der Waals surface area contributed by atoms with E-state index < -0.39 is 0 Å². The maximum absolute atomic E-state index is 11.5. The molecule has 0 aliphatic heterocycles. The summed E-state index contributed by atoms with van der Waals surface area (Å²) in [6.45, 7) is 0. The van der Waals surface area contributed by atoms with Gasteiger partial charge in [0.1, 0.15) is 5.00 Å². The first kappa shape index (κ1) is 9.35. The summed E-state index contributed by atoms with van der Waals surface area (Å²) in [7, 11) is 0. The number of nitrogens with zero attached hydrogens (tertiary/aromatic N) is 2. The van der Waals surface area contributed by atoms with E-state index in [0.717, 1.165) is 11.5 Å². The smallest absolute Gasteiger partial charge is 0.260 e. The fourth-order valence-electron chi connectivity index (χ4n) is 0.857. The van der Waals surface area contributed by atoms with Gasteiger partial charge in [0.05, 0.1) is 18.0 Å². The lowest BCUT2D eigenvalue weighted by Gasteiger charge is -1.97. The second-order valence-electron chi connectivity index (χ2n) is 2.34. The van der Waals surface area contributed by atoms with E-state index in [-0.39, 0.29) is 5.91 Å². The van der Waals surface area contributed by atoms with E-state index in [1.807, 2.05) is 0 Å². The molecule has 1 amide bonds. The molecular weight excluding hydrogens is 270 g/mol. The van der Waals surface area contributed by atoms with Crippen LogP contribution in [0.3, 0.4) is 0 Å². The molecule has 5 nitrogen and oxygen atoms in total. The molecule has 0 unspecified atom stereocenters. The molecule has 0 bridgehead atoms. The average Bonchev–Trinajstić information content (AvgIpc) is 2.75. The zero-order valence-corrected chi connectivity index (χ0v) is 9.13. The molecule has 2 aromatic heterocycles. The highest BCUT2D eigenvalue weighted by molar-refractivity contribution is 9.10. The molecule has 0 atom stereocenters. The van der Waals surface area contributed by atoms with Crippen molar-refractivity contribution in [1.29, 1.82) is 0 Å². The van der Waals surface area contributed by atoms with Crippen LogP contribution in [-0.2, 0) is 0 Å². The van der Waals surface area contributed by atoms with E-state index in [1.165, 1.54) is 12.5 Å². The normalized spacial score (nSPS) is 10.1. The quantitative estimate of drug-likeness (QED) is 0.911. The molecule has 72 valence electrons. The van der Waals surface area contributed by atoms with Crippen LogP contribution >= 0.6 is 27.5 Å². The van der Waals surface area contributed by atoms with Crippen LogP contribution in [0, 0.1) is 0 Å². The van der Waals surface area contributed by atoms with Crippen LogP contribution in [0.15, 0.2) is 27.6 Å². The summed E-state index contributed by atoms with van der Waals surface area (Å²) in [6.07, 6.45) is 2.92. The van der Waals surface area contributed by atoms with Gasteiger partial charge in [0, 0.05) is 11.5 Å². The van der Waals surface area contributed by atoms with Gasteiger partial charge in [-0.25, -0.2) is 0 Å². The Balaban J connectivity index is 2.14. The standard InChI is InChI=1S/C7H4BrN3O2S/c8-6-4(1-2-13-6)7(12)10-5-3-9-11-14-5/h1-3H,(H,10,12). The number of rotatable bonds is 2. The van der Waals surface area contributed by atoms with Crippen molar-refractivity contribution >= 4 is 38.4 Å². The summed E-state index contributed by atoms with van der Waals surface area (Å²) >= 11 is 4.23. The average molecular weight is 274 g/mol. The van der Waals surface area contributed by atoms with Crippen LogP contribution in [0.1, 0.15) is 10.4 Å².